The number of aryl methyl sites for hydroxylation is 1. The van der Waals surface area contributed by atoms with E-state index in [9.17, 15) is 0 Å². The van der Waals surface area contributed by atoms with Gasteiger partial charge in [-0.25, -0.2) is 0 Å². The van der Waals surface area contributed by atoms with Crippen LogP contribution in [0, 0.1) is 17.3 Å². The van der Waals surface area contributed by atoms with E-state index in [1.807, 2.05) is 23.9 Å². The van der Waals surface area contributed by atoms with Crippen LogP contribution in [0.1, 0.15) is 49.7 Å². The van der Waals surface area contributed by atoms with E-state index in [1.54, 1.807) is 17.6 Å². The van der Waals surface area contributed by atoms with E-state index in [4.69, 9.17) is 21.3 Å². The summed E-state index contributed by atoms with van der Waals surface area (Å²) in [5, 5.41) is 0.760. The zero-order valence-corrected chi connectivity index (χ0v) is 19.0. The molecular formula is C26H26ClNOS. The molecule has 0 saturated heterocycles. The number of allylic oxidation sites excluding steroid dienone is 2. The van der Waals surface area contributed by atoms with E-state index in [-0.39, 0.29) is 5.41 Å². The van der Waals surface area contributed by atoms with Crippen LogP contribution >= 0.6 is 23.4 Å². The quantitative estimate of drug-likeness (QED) is 0.460. The molecule has 1 fully saturated rings. The summed E-state index contributed by atoms with van der Waals surface area (Å²) in [6.45, 7) is 2.53. The van der Waals surface area contributed by atoms with Crippen molar-refractivity contribution in [3.05, 3.63) is 63.0 Å². The monoisotopic (exact) mass is 435 g/mol. The Morgan fingerprint density at radius 3 is 2.93 bits per heavy atom. The van der Waals surface area contributed by atoms with Crippen molar-refractivity contribution in [2.24, 2.45) is 22.2 Å². The lowest BCUT2D eigenvalue weighted by molar-refractivity contribution is 0.0801. The third-order valence-electron chi connectivity index (χ3n) is 8.07. The highest BCUT2D eigenvalue weighted by atomic mass is 35.5. The summed E-state index contributed by atoms with van der Waals surface area (Å²) in [5.41, 5.74) is 5.82. The lowest BCUT2D eigenvalue weighted by Gasteiger charge is -2.50. The summed E-state index contributed by atoms with van der Waals surface area (Å²) in [7, 11) is 1.77. The highest BCUT2D eigenvalue weighted by Gasteiger charge is 2.54. The van der Waals surface area contributed by atoms with E-state index in [0.29, 0.717) is 11.8 Å². The van der Waals surface area contributed by atoms with E-state index < -0.39 is 0 Å². The molecule has 1 saturated carbocycles. The summed E-state index contributed by atoms with van der Waals surface area (Å²) in [6.07, 6.45) is 8.31. The second kappa shape index (κ2) is 6.90. The maximum absolute atomic E-state index is 6.22. The Morgan fingerprint density at radius 2 is 2.07 bits per heavy atom. The van der Waals surface area contributed by atoms with Gasteiger partial charge in [-0.2, -0.15) is 0 Å². The molecule has 2 aromatic rings. The smallest absolute Gasteiger partial charge is 0.119 e. The van der Waals surface area contributed by atoms with Gasteiger partial charge in [0.15, 0.2) is 0 Å². The third-order valence-corrected chi connectivity index (χ3v) is 9.80. The van der Waals surface area contributed by atoms with Gasteiger partial charge in [-0.1, -0.05) is 36.4 Å². The summed E-state index contributed by atoms with van der Waals surface area (Å²) >= 11 is 8.17. The highest BCUT2D eigenvalue weighted by molar-refractivity contribution is 8.03. The molecule has 0 amide bonds. The van der Waals surface area contributed by atoms with Crippen molar-refractivity contribution in [2.45, 2.75) is 49.8 Å². The average Bonchev–Trinajstić information content (AvgIpc) is 2.91. The van der Waals surface area contributed by atoms with Crippen molar-refractivity contribution in [3.8, 4) is 5.75 Å². The van der Waals surface area contributed by atoms with Crippen molar-refractivity contribution in [1.82, 2.24) is 0 Å². The molecule has 0 aromatic heterocycles. The number of thioether (sulfide) groups is 1. The van der Waals surface area contributed by atoms with Gasteiger partial charge in [-0.15, -0.1) is 0 Å². The number of hydrogen-bond acceptors (Lipinski definition) is 3. The second-order valence-corrected chi connectivity index (χ2v) is 11.0. The summed E-state index contributed by atoms with van der Waals surface area (Å²) in [4.78, 5) is 7.64. The molecule has 4 aliphatic rings. The fourth-order valence-corrected chi connectivity index (χ4v) is 8.08. The molecule has 2 nitrogen and oxygen atoms in total. The van der Waals surface area contributed by atoms with Crippen LogP contribution < -0.4 is 4.74 Å². The lowest BCUT2D eigenvalue weighted by Crippen LogP contribution is -2.40. The molecule has 4 atom stereocenters. The van der Waals surface area contributed by atoms with E-state index >= 15 is 0 Å². The van der Waals surface area contributed by atoms with Crippen LogP contribution in [0.15, 0.2) is 56.8 Å². The Kier molecular flexibility index (Phi) is 4.37. The molecule has 0 radical (unpaired) electrons. The average molecular weight is 436 g/mol. The molecule has 4 heteroatoms. The number of rotatable bonds is 1. The van der Waals surface area contributed by atoms with Crippen LogP contribution in [-0.4, -0.2) is 13.3 Å². The van der Waals surface area contributed by atoms with E-state index in [2.05, 4.69) is 37.4 Å². The first kappa shape index (κ1) is 19.0. The molecular weight excluding hydrogens is 410 g/mol. The number of fused-ring (bicyclic) bond motifs is 7. The molecule has 1 aliphatic heterocycles. The minimum Gasteiger partial charge on any atom is -0.497 e. The first-order valence-corrected chi connectivity index (χ1v) is 12.2. The Morgan fingerprint density at radius 1 is 1.17 bits per heavy atom. The van der Waals surface area contributed by atoms with Crippen molar-refractivity contribution in [2.75, 3.05) is 7.11 Å². The summed E-state index contributed by atoms with van der Waals surface area (Å²) in [6, 6.07) is 12.9. The molecule has 2 aromatic carbocycles. The predicted octanol–water partition coefficient (Wildman–Crippen LogP) is 7.58. The summed E-state index contributed by atoms with van der Waals surface area (Å²) in [5.74, 6) is 3.15. The first-order chi connectivity index (χ1) is 14.6. The Labute approximate surface area is 187 Å². The number of methoxy groups -OCH3 is 1. The predicted molar refractivity (Wildman–Crippen MR) is 125 cm³/mol. The largest absolute Gasteiger partial charge is 0.497 e. The Balaban J connectivity index is 1.34. The number of nitrogens with zero attached hydrogens (tertiary/aromatic N) is 1. The maximum Gasteiger partial charge on any atom is 0.119 e. The van der Waals surface area contributed by atoms with Gasteiger partial charge < -0.3 is 4.74 Å². The third kappa shape index (κ3) is 2.74. The van der Waals surface area contributed by atoms with E-state index in [1.165, 1.54) is 41.7 Å². The van der Waals surface area contributed by atoms with Gasteiger partial charge in [0.1, 0.15) is 5.75 Å². The molecule has 0 unspecified atom stereocenters. The normalized spacial score (nSPS) is 31.2. The standard InChI is InChI=1S/C26H26ClNOS/c1-26-10-9-20-19-7-5-18(29-2)11-15(19)3-6-21(20)22(26)12-16-14-28-23-13-17(27)4-8-24(23)30-25(16)26/h4-5,7-8,11,13-14,20-22H,3,6,9-10,12H2,1-2H3/t20-,21-,22+,26+/m1/s1. The van der Waals surface area contributed by atoms with Crippen molar-refractivity contribution in [3.63, 3.8) is 0 Å². The molecule has 1 heterocycles. The Bertz CT molecular complexity index is 1110. The van der Waals surface area contributed by atoms with Gasteiger partial charge >= 0.3 is 0 Å². The summed E-state index contributed by atoms with van der Waals surface area (Å²) < 4.78 is 5.48. The minimum atomic E-state index is 0.262. The molecule has 3 aliphatic carbocycles. The van der Waals surface area contributed by atoms with Crippen LogP contribution in [0.25, 0.3) is 0 Å². The minimum absolute atomic E-state index is 0.262. The van der Waals surface area contributed by atoms with Crippen LogP contribution in [0.5, 0.6) is 5.75 Å². The topological polar surface area (TPSA) is 21.6 Å². The van der Waals surface area contributed by atoms with Crippen LogP contribution in [0.4, 0.5) is 5.69 Å². The molecule has 0 N–H and O–H groups in total. The molecule has 154 valence electrons. The SMILES string of the molecule is COc1ccc2c(c1)CC[C@@H]1[C@@H]2CC[C@]2(C)C3=C(C=Nc4cc(Cl)ccc4S3)C[C@@H]12. The Hall–Kier alpha value is -1.71. The molecule has 0 bridgehead atoms. The first-order valence-electron chi connectivity index (χ1n) is 11.0. The molecule has 30 heavy (non-hydrogen) atoms. The fraction of sp³-hybridized carbons (Fsp3) is 0.423. The van der Waals surface area contributed by atoms with Gasteiger partial charge in [0.2, 0.25) is 0 Å². The highest BCUT2D eigenvalue weighted by Crippen LogP contribution is 2.66. The van der Waals surface area contributed by atoms with Crippen molar-refractivity contribution >= 4 is 35.3 Å². The van der Waals surface area contributed by atoms with Gasteiger partial charge in [-0.3, -0.25) is 4.99 Å². The fourth-order valence-electron chi connectivity index (χ4n) is 6.59. The van der Waals surface area contributed by atoms with E-state index in [0.717, 1.165) is 28.8 Å². The van der Waals surface area contributed by atoms with Crippen molar-refractivity contribution in [1.29, 1.82) is 0 Å². The lowest BCUT2D eigenvalue weighted by atomic mass is 9.55. The van der Waals surface area contributed by atoms with Gasteiger partial charge in [-0.05, 0) is 96.9 Å². The van der Waals surface area contributed by atoms with Crippen LogP contribution in [0.3, 0.4) is 0 Å². The van der Waals surface area contributed by atoms with Gasteiger partial charge in [0, 0.05) is 26.5 Å². The zero-order valence-electron chi connectivity index (χ0n) is 17.5. The maximum atomic E-state index is 6.22. The van der Waals surface area contributed by atoms with Gasteiger partial charge in [0.05, 0.1) is 12.8 Å². The number of hydrogen-bond donors (Lipinski definition) is 0. The number of halogens is 1. The van der Waals surface area contributed by atoms with Crippen LogP contribution in [0.2, 0.25) is 5.02 Å². The van der Waals surface area contributed by atoms with Crippen molar-refractivity contribution < 1.29 is 4.74 Å². The van der Waals surface area contributed by atoms with Gasteiger partial charge in [0.25, 0.3) is 0 Å². The zero-order chi connectivity index (χ0) is 20.5. The molecule has 6 rings (SSSR count). The van der Waals surface area contributed by atoms with Crippen LogP contribution in [-0.2, 0) is 6.42 Å². The second-order valence-electron chi connectivity index (χ2n) is 9.47. The number of ether oxygens (including phenoxy) is 1. The molecule has 0 spiro atoms. The number of benzene rings is 2. The number of aliphatic imine (C=N–C) groups is 1.